The Labute approximate surface area is 294 Å². The first-order valence-electron chi connectivity index (χ1n) is 17.0. The molecule has 0 aliphatic heterocycles. The van der Waals surface area contributed by atoms with Gasteiger partial charge in [-0.2, -0.15) is 0 Å². The van der Waals surface area contributed by atoms with Crippen molar-refractivity contribution in [2.45, 2.75) is 0 Å². The zero-order valence-electron chi connectivity index (χ0n) is 27.1. The number of hydrogen-bond acceptors (Lipinski definition) is 3. The molecule has 10 rings (SSSR count). The van der Waals surface area contributed by atoms with Gasteiger partial charge in [-0.1, -0.05) is 133 Å². The smallest absolute Gasteiger partial charge is 0.126 e. The van der Waals surface area contributed by atoms with E-state index in [0.29, 0.717) is 0 Å². The second kappa shape index (κ2) is 11.7. The van der Waals surface area contributed by atoms with Crippen LogP contribution in [0.15, 0.2) is 182 Å². The molecule has 2 aromatic heterocycles. The van der Waals surface area contributed by atoms with Gasteiger partial charge in [0, 0.05) is 33.0 Å². The number of pyridine rings is 1. The highest BCUT2D eigenvalue weighted by Gasteiger charge is 2.20. The molecular weight excluding hydrogens is 625 g/mol. The van der Waals surface area contributed by atoms with Crippen LogP contribution in [0.4, 0.5) is 17.1 Å². The van der Waals surface area contributed by atoms with Gasteiger partial charge in [-0.15, -0.1) is 11.3 Å². The SMILES string of the molecule is c1ccc(-c2ccc(N(c3ccc(-c4cc5ccccc5c5c4ccc4ccccc45)cc3)c3ccnc4sc5ccccc5c34)cc2)cc1. The Morgan fingerprint density at radius 2 is 1.02 bits per heavy atom. The number of aromatic nitrogens is 1. The van der Waals surface area contributed by atoms with Crippen molar-refractivity contribution in [1.82, 2.24) is 4.98 Å². The monoisotopic (exact) mass is 654 g/mol. The van der Waals surface area contributed by atoms with Gasteiger partial charge < -0.3 is 4.90 Å². The number of fused-ring (bicyclic) bond motifs is 8. The summed E-state index contributed by atoms with van der Waals surface area (Å²) in [6.45, 7) is 0. The van der Waals surface area contributed by atoms with Crippen LogP contribution in [0.2, 0.25) is 0 Å². The third-order valence-electron chi connectivity index (χ3n) is 9.92. The minimum absolute atomic E-state index is 1.04. The molecule has 0 N–H and O–H groups in total. The highest BCUT2D eigenvalue weighted by atomic mass is 32.1. The number of rotatable bonds is 5. The Morgan fingerprint density at radius 1 is 0.420 bits per heavy atom. The number of anilines is 3. The van der Waals surface area contributed by atoms with Crippen LogP contribution >= 0.6 is 11.3 Å². The molecule has 0 unspecified atom stereocenters. The van der Waals surface area contributed by atoms with E-state index in [4.69, 9.17) is 4.98 Å². The van der Waals surface area contributed by atoms with Gasteiger partial charge in [0.2, 0.25) is 0 Å². The van der Waals surface area contributed by atoms with Crippen LogP contribution in [-0.2, 0) is 0 Å². The molecule has 50 heavy (non-hydrogen) atoms. The molecule has 0 bridgehead atoms. The molecule has 234 valence electrons. The second-order valence-electron chi connectivity index (χ2n) is 12.8. The molecule has 0 spiro atoms. The van der Waals surface area contributed by atoms with Gasteiger partial charge in [0.15, 0.2) is 0 Å². The molecule has 0 radical (unpaired) electrons. The van der Waals surface area contributed by atoms with Crippen molar-refractivity contribution in [3.8, 4) is 22.3 Å². The van der Waals surface area contributed by atoms with Crippen LogP contribution in [0.25, 0.3) is 74.9 Å². The summed E-state index contributed by atoms with van der Waals surface area (Å²) in [5, 5.41) is 10.1. The molecule has 8 aromatic carbocycles. The van der Waals surface area contributed by atoms with Gasteiger partial charge in [0.25, 0.3) is 0 Å². The van der Waals surface area contributed by atoms with Crippen LogP contribution < -0.4 is 4.90 Å². The summed E-state index contributed by atoms with van der Waals surface area (Å²) in [6.07, 6.45) is 1.94. The minimum Gasteiger partial charge on any atom is -0.310 e. The summed E-state index contributed by atoms with van der Waals surface area (Å²) in [7, 11) is 0. The first-order chi connectivity index (χ1) is 24.8. The topological polar surface area (TPSA) is 16.1 Å². The van der Waals surface area contributed by atoms with Crippen molar-refractivity contribution < 1.29 is 0 Å². The van der Waals surface area contributed by atoms with E-state index in [1.54, 1.807) is 11.3 Å². The zero-order chi connectivity index (χ0) is 33.0. The fourth-order valence-corrected chi connectivity index (χ4v) is 8.64. The van der Waals surface area contributed by atoms with Crippen LogP contribution in [0.5, 0.6) is 0 Å². The summed E-state index contributed by atoms with van der Waals surface area (Å²) in [5.74, 6) is 0. The molecule has 2 nitrogen and oxygen atoms in total. The molecule has 10 aromatic rings. The Kier molecular flexibility index (Phi) is 6.71. The average molecular weight is 655 g/mol. The van der Waals surface area contributed by atoms with E-state index in [-0.39, 0.29) is 0 Å². The maximum absolute atomic E-state index is 4.82. The van der Waals surface area contributed by atoms with E-state index >= 15 is 0 Å². The van der Waals surface area contributed by atoms with E-state index in [2.05, 4.69) is 181 Å². The Hall–Kier alpha value is -6.29. The van der Waals surface area contributed by atoms with Gasteiger partial charge in [0.05, 0.1) is 5.69 Å². The quantitative estimate of drug-likeness (QED) is 0.172. The largest absolute Gasteiger partial charge is 0.310 e. The van der Waals surface area contributed by atoms with Crippen molar-refractivity contribution in [3.63, 3.8) is 0 Å². The molecule has 0 fully saturated rings. The van der Waals surface area contributed by atoms with Gasteiger partial charge in [-0.3, -0.25) is 0 Å². The molecule has 0 aliphatic rings. The molecule has 2 heterocycles. The fraction of sp³-hybridized carbons (Fsp3) is 0. The zero-order valence-corrected chi connectivity index (χ0v) is 27.9. The lowest BCUT2D eigenvalue weighted by Gasteiger charge is -2.27. The standard InChI is InChI=1S/C47H30N2S/c1-2-10-31(11-3-1)32-18-23-36(24-19-32)49(43-28-29-48-47-46(43)41-16-8-9-17-44(41)50-47)37-25-20-34(21-26-37)42-30-35-13-5-7-15-39(35)45-38-14-6-4-12-33(38)22-27-40(42)45/h1-30H. The number of benzene rings is 8. The molecule has 3 heteroatoms. The van der Waals surface area contributed by atoms with Crippen LogP contribution in [-0.4, -0.2) is 4.98 Å². The predicted octanol–water partition coefficient (Wildman–Crippen LogP) is 13.7. The van der Waals surface area contributed by atoms with Gasteiger partial charge in [-0.25, -0.2) is 4.98 Å². The molecule has 0 aliphatic carbocycles. The van der Waals surface area contributed by atoms with E-state index < -0.39 is 0 Å². The third kappa shape index (κ3) is 4.67. The van der Waals surface area contributed by atoms with Gasteiger partial charge >= 0.3 is 0 Å². The number of nitrogens with zero attached hydrogens (tertiary/aromatic N) is 2. The van der Waals surface area contributed by atoms with Crippen LogP contribution in [0, 0.1) is 0 Å². The first kappa shape index (κ1) is 28.7. The van der Waals surface area contributed by atoms with Crippen LogP contribution in [0.1, 0.15) is 0 Å². The van der Waals surface area contributed by atoms with E-state index in [1.165, 1.54) is 70.0 Å². The predicted molar refractivity (Wildman–Crippen MR) is 215 cm³/mol. The maximum Gasteiger partial charge on any atom is 0.126 e. The van der Waals surface area contributed by atoms with E-state index in [9.17, 15) is 0 Å². The van der Waals surface area contributed by atoms with Crippen molar-refractivity contribution in [2.24, 2.45) is 0 Å². The van der Waals surface area contributed by atoms with Gasteiger partial charge in [-0.05, 0) is 97.0 Å². The highest BCUT2D eigenvalue weighted by molar-refractivity contribution is 7.25. The molecular formula is C47H30N2S. The summed E-state index contributed by atoms with van der Waals surface area (Å²) >= 11 is 1.75. The van der Waals surface area contributed by atoms with Crippen LogP contribution in [0.3, 0.4) is 0 Å². The minimum atomic E-state index is 1.04. The first-order valence-corrected chi connectivity index (χ1v) is 17.8. The number of thiophene rings is 1. The normalized spacial score (nSPS) is 11.6. The molecule has 0 saturated carbocycles. The second-order valence-corrected chi connectivity index (χ2v) is 13.8. The summed E-state index contributed by atoms with van der Waals surface area (Å²) < 4.78 is 1.24. The molecule has 0 amide bonds. The fourth-order valence-electron chi connectivity index (χ4n) is 7.58. The third-order valence-corrected chi connectivity index (χ3v) is 11.0. The van der Waals surface area contributed by atoms with Crippen molar-refractivity contribution >= 4 is 81.0 Å². The van der Waals surface area contributed by atoms with Crippen molar-refractivity contribution in [2.75, 3.05) is 4.90 Å². The number of hydrogen-bond donors (Lipinski definition) is 0. The molecule has 0 saturated heterocycles. The maximum atomic E-state index is 4.82. The summed E-state index contributed by atoms with van der Waals surface area (Å²) in [5.41, 5.74) is 8.16. The Balaban J connectivity index is 1.16. The lowest BCUT2D eigenvalue weighted by Crippen LogP contribution is -2.10. The van der Waals surface area contributed by atoms with Crippen molar-refractivity contribution in [1.29, 1.82) is 0 Å². The summed E-state index contributed by atoms with van der Waals surface area (Å²) in [4.78, 5) is 8.25. The van der Waals surface area contributed by atoms with E-state index in [0.717, 1.165) is 21.9 Å². The average Bonchev–Trinajstić information content (AvgIpc) is 3.58. The molecule has 0 atom stereocenters. The highest BCUT2D eigenvalue weighted by Crippen LogP contribution is 2.45. The Morgan fingerprint density at radius 3 is 1.78 bits per heavy atom. The lowest BCUT2D eigenvalue weighted by molar-refractivity contribution is 1.29. The lowest BCUT2D eigenvalue weighted by atomic mass is 9.90. The van der Waals surface area contributed by atoms with E-state index in [1.807, 2.05) is 6.20 Å². The van der Waals surface area contributed by atoms with Gasteiger partial charge in [0.1, 0.15) is 4.83 Å². The van der Waals surface area contributed by atoms with Crippen molar-refractivity contribution in [3.05, 3.63) is 182 Å². The summed E-state index contributed by atoms with van der Waals surface area (Å²) in [6, 6.07) is 63.8. The Bertz CT molecular complexity index is 2840.